The third-order valence-corrected chi connectivity index (χ3v) is 3.03. The van der Waals surface area contributed by atoms with Crippen LogP contribution in [0.3, 0.4) is 0 Å². The summed E-state index contributed by atoms with van der Waals surface area (Å²) in [7, 11) is 0. The van der Waals surface area contributed by atoms with Crippen LogP contribution in [0.4, 0.5) is 5.69 Å². The third-order valence-electron chi connectivity index (χ3n) is 2.34. The maximum atomic E-state index is 11.8. The molecule has 6 heteroatoms. The predicted molar refractivity (Wildman–Crippen MR) is 67.7 cm³/mol. The molecule has 0 aliphatic carbocycles. The molecule has 2 N–H and O–H groups in total. The quantitative estimate of drug-likeness (QED) is 0.879. The molecule has 0 unspecified atom stereocenters. The molecule has 2 rings (SSSR count). The van der Waals surface area contributed by atoms with Crippen LogP contribution < -0.4 is 5.32 Å². The largest absolute Gasteiger partial charge is 0.320 e. The lowest BCUT2D eigenvalue weighted by molar-refractivity contribution is 0.102. The van der Waals surface area contributed by atoms with Gasteiger partial charge in [0.25, 0.3) is 5.91 Å². The summed E-state index contributed by atoms with van der Waals surface area (Å²) >= 11 is 11.7. The van der Waals surface area contributed by atoms with Crippen molar-refractivity contribution in [2.24, 2.45) is 0 Å². The minimum atomic E-state index is -0.349. The van der Waals surface area contributed by atoms with Gasteiger partial charge >= 0.3 is 0 Å². The monoisotopic (exact) mass is 269 g/mol. The molecule has 0 saturated carbocycles. The fraction of sp³-hybridized carbons (Fsp3) is 0.0909. The van der Waals surface area contributed by atoms with Crippen molar-refractivity contribution in [1.29, 1.82) is 0 Å². The summed E-state index contributed by atoms with van der Waals surface area (Å²) < 4.78 is 0. The highest BCUT2D eigenvalue weighted by molar-refractivity contribution is 6.34. The van der Waals surface area contributed by atoms with E-state index in [0.29, 0.717) is 10.7 Å². The second kappa shape index (κ2) is 4.77. The first-order valence-electron chi connectivity index (χ1n) is 4.85. The van der Waals surface area contributed by atoms with Crippen molar-refractivity contribution in [1.82, 2.24) is 10.2 Å². The highest BCUT2D eigenvalue weighted by atomic mass is 35.5. The first kappa shape index (κ1) is 12.0. The number of anilines is 1. The van der Waals surface area contributed by atoms with Gasteiger partial charge in [-0.05, 0) is 24.6 Å². The standard InChI is InChI=1S/C11H9Cl2N3O/c1-6-7(12)3-2-4-9(6)15-11(17)10-8(13)5-14-16-10/h2-5H,1H3,(H,14,16)(H,15,17). The molecule has 0 spiro atoms. The van der Waals surface area contributed by atoms with Crippen LogP contribution in [0.5, 0.6) is 0 Å². The number of hydrogen-bond donors (Lipinski definition) is 2. The highest BCUT2D eigenvalue weighted by Gasteiger charge is 2.13. The number of carbonyl (C=O) groups is 1. The number of hydrogen-bond acceptors (Lipinski definition) is 2. The average Bonchev–Trinajstić information content (AvgIpc) is 2.71. The lowest BCUT2D eigenvalue weighted by Crippen LogP contribution is -2.13. The summed E-state index contributed by atoms with van der Waals surface area (Å²) in [4.78, 5) is 11.8. The predicted octanol–water partition coefficient (Wildman–Crippen LogP) is 3.28. The van der Waals surface area contributed by atoms with Gasteiger partial charge in [-0.1, -0.05) is 29.3 Å². The Labute approximate surface area is 108 Å². The number of aromatic nitrogens is 2. The van der Waals surface area contributed by atoms with Gasteiger partial charge in [-0.2, -0.15) is 5.10 Å². The van der Waals surface area contributed by atoms with Crippen LogP contribution in [-0.4, -0.2) is 16.1 Å². The molecule has 0 aliphatic heterocycles. The fourth-order valence-electron chi connectivity index (χ4n) is 1.36. The average molecular weight is 270 g/mol. The highest BCUT2D eigenvalue weighted by Crippen LogP contribution is 2.23. The van der Waals surface area contributed by atoms with E-state index in [1.807, 2.05) is 6.92 Å². The summed E-state index contributed by atoms with van der Waals surface area (Å²) in [6.07, 6.45) is 1.38. The van der Waals surface area contributed by atoms with Gasteiger partial charge in [-0.15, -0.1) is 0 Å². The van der Waals surface area contributed by atoms with Crippen molar-refractivity contribution in [2.75, 3.05) is 5.32 Å². The Hall–Kier alpha value is -1.52. The number of carbonyl (C=O) groups excluding carboxylic acids is 1. The normalized spacial score (nSPS) is 10.3. The van der Waals surface area contributed by atoms with Crippen LogP contribution in [0.25, 0.3) is 0 Å². The lowest BCUT2D eigenvalue weighted by atomic mass is 10.2. The Morgan fingerprint density at radius 3 is 2.76 bits per heavy atom. The molecular weight excluding hydrogens is 261 g/mol. The smallest absolute Gasteiger partial charge is 0.275 e. The van der Waals surface area contributed by atoms with E-state index in [1.165, 1.54) is 6.20 Å². The van der Waals surface area contributed by atoms with E-state index in [1.54, 1.807) is 18.2 Å². The van der Waals surface area contributed by atoms with Crippen LogP contribution in [-0.2, 0) is 0 Å². The number of amides is 1. The first-order valence-corrected chi connectivity index (χ1v) is 5.60. The summed E-state index contributed by atoms with van der Waals surface area (Å²) in [5, 5.41) is 9.80. The van der Waals surface area contributed by atoms with Crippen LogP contribution in [0.2, 0.25) is 10.0 Å². The second-order valence-corrected chi connectivity index (χ2v) is 4.27. The number of H-pyrrole nitrogens is 1. The Balaban J connectivity index is 2.25. The Kier molecular flexibility index (Phi) is 3.36. The Morgan fingerprint density at radius 1 is 1.35 bits per heavy atom. The van der Waals surface area contributed by atoms with Gasteiger partial charge < -0.3 is 5.32 Å². The zero-order chi connectivity index (χ0) is 12.4. The molecule has 0 bridgehead atoms. The maximum Gasteiger partial charge on any atom is 0.275 e. The van der Waals surface area contributed by atoms with Gasteiger partial charge in [-0.25, -0.2) is 0 Å². The van der Waals surface area contributed by atoms with Crippen LogP contribution in [0.1, 0.15) is 16.1 Å². The number of nitrogens with zero attached hydrogens (tertiary/aromatic N) is 1. The molecule has 17 heavy (non-hydrogen) atoms. The Bertz CT molecular complexity index is 566. The molecule has 2 aromatic rings. The van der Waals surface area contributed by atoms with Crippen molar-refractivity contribution in [3.05, 3.63) is 45.7 Å². The second-order valence-electron chi connectivity index (χ2n) is 3.46. The van der Waals surface area contributed by atoms with Gasteiger partial charge in [0.1, 0.15) is 5.69 Å². The summed E-state index contributed by atoms with van der Waals surface area (Å²) in [6, 6.07) is 5.29. The van der Waals surface area contributed by atoms with Crippen molar-refractivity contribution in [2.45, 2.75) is 6.92 Å². The van der Waals surface area contributed by atoms with Crippen molar-refractivity contribution in [3.8, 4) is 0 Å². The molecule has 1 heterocycles. The fourth-order valence-corrected chi connectivity index (χ4v) is 1.71. The minimum Gasteiger partial charge on any atom is -0.320 e. The van der Waals surface area contributed by atoms with E-state index in [9.17, 15) is 4.79 Å². The van der Waals surface area contributed by atoms with Crippen molar-refractivity contribution < 1.29 is 4.79 Å². The summed E-state index contributed by atoms with van der Waals surface area (Å²) in [5.41, 5.74) is 1.68. The molecular formula is C11H9Cl2N3O. The van der Waals surface area contributed by atoms with E-state index < -0.39 is 0 Å². The van der Waals surface area contributed by atoms with Gasteiger partial charge in [0.2, 0.25) is 0 Å². The van der Waals surface area contributed by atoms with Gasteiger partial charge in [0, 0.05) is 10.7 Å². The maximum absolute atomic E-state index is 11.8. The van der Waals surface area contributed by atoms with E-state index in [-0.39, 0.29) is 16.6 Å². The van der Waals surface area contributed by atoms with E-state index in [2.05, 4.69) is 15.5 Å². The first-order chi connectivity index (χ1) is 8.09. The molecule has 1 aromatic heterocycles. The molecule has 0 fully saturated rings. The number of rotatable bonds is 2. The van der Waals surface area contributed by atoms with E-state index in [4.69, 9.17) is 23.2 Å². The molecule has 0 aliphatic rings. The molecule has 0 saturated heterocycles. The minimum absolute atomic E-state index is 0.228. The molecule has 0 atom stereocenters. The molecule has 0 radical (unpaired) electrons. The van der Waals surface area contributed by atoms with E-state index >= 15 is 0 Å². The molecule has 1 amide bonds. The number of aromatic amines is 1. The number of nitrogens with one attached hydrogen (secondary N) is 2. The number of benzene rings is 1. The topological polar surface area (TPSA) is 57.8 Å². The molecule has 1 aromatic carbocycles. The summed E-state index contributed by atoms with van der Waals surface area (Å²) in [5.74, 6) is -0.349. The Morgan fingerprint density at radius 2 is 2.12 bits per heavy atom. The van der Waals surface area contributed by atoms with Crippen LogP contribution in [0, 0.1) is 6.92 Å². The van der Waals surface area contributed by atoms with Crippen LogP contribution >= 0.6 is 23.2 Å². The van der Waals surface area contributed by atoms with Gasteiger partial charge in [0.15, 0.2) is 0 Å². The van der Waals surface area contributed by atoms with Crippen molar-refractivity contribution in [3.63, 3.8) is 0 Å². The molecule has 88 valence electrons. The lowest BCUT2D eigenvalue weighted by Gasteiger charge is -2.08. The zero-order valence-electron chi connectivity index (χ0n) is 8.92. The summed E-state index contributed by atoms with van der Waals surface area (Å²) in [6.45, 7) is 1.83. The molecule has 4 nitrogen and oxygen atoms in total. The number of halogens is 2. The van der Waals surface area contributed by atoms with Crippen molar-refractivity contribution >= 4 is 34.8 Å². The van der Waals surface area contributed by atoms with Gasteiger partial charge in [0.05, 0.1) is 11.2 Å². The third kappa shape index (κ3) is 2.43. The van der Waals surface area contributed by atoms with E-state index in [0.717, 1.165) is 5.56 Å². The van der Waals surface area contributed by atoms with Crippen LogP contribution in [0.15, 0.2) is 24.4 Å². The van der Waals surface area contributed by atoms with Gasteiger partial charge in [-0.3, -0.25) is 9.89 Å². The SMILES string of the molecule is Cc1c(Cl)cccc1NC(=O)c1[nH]ncc1Cl. The zero-order valence-corrected chi connectivity index (χ0v) is 10.4.